The van der Waals surface area contributed by atoms with Crippen molar-refractivity contribution in [2.24, 2.45) is 5.92 Å². The number of aromatic nitrogens is 2. The Morgan fingerprint density at radius 3 is 2.76 bits per heavy atom. The summed E-state index contributed by atoms with van der Waals surface area (Å²) in [5.41, 5.74) is 1.69. The van der Waals surface area contributed by atoms with Crippen molar-refractivity contribution in [1.29, 1.82) is 0 Å². The largest absolute Gasteiger partial charge is 0.393 e. The predicted molar refractivity (Wildman–Crippen MR) is 93.5 cm³/mol. The zero-order chi connectivity index (χ0) is 17.4. The van der Waals surface area contributed by atoms with Crippen LogP contribution in [0.1, 0.15) is 67.0 Å². The average Bonchev–Trinajstić information content (AvgIpc) is 3.35. The summed E-state index contributed by atoms with van der Waals surface area (Å²) in [6.07, 6.45) is 9.08. The number of rotatable bonds is 3. The third kappa shape index (κ3) is 3.10. The second-order valence-electron chi connectivity index (χ2n) is 7.83. The van der Waals surface area contributed by atoms with E-state index in [1.807, 2.05) is 11.8 Å². The highest BCUT2D eigenvalue weighted by Crippen LogP contribution is 2.34. The van der Waals surface area contributed by atoms with Crippen LogP contribution in [0.3, 0.4) is 0 Å². The molecule has 2 saturated carbocycles. The van der Waals surface area contributed by atoms with E-state index < -0.39 is 0 Å². The molecule has 3 atom stereocenters. The molecule has 138 valence electrons. The highest BCUT2D eigenvalue weighted by molar-refractivity contribution is 5.95. The molecular formula is C19H29N3O3. The molecule has 0 unspecified atom stereocenters. The molecule has 2 heterocycles. The minimum atomic E-state index is -0.315. The van der Waals surface area contributed by atoms with Gasteiger partial charge in [0.25, 0.3) is 5.91 Å². The second kappa shape index (κ2) is 7.08. The number of hydrogen-bond acceptors (Lipinski definition) is 4. The van der Waals surface area contributed by atoms with Crippen molar-refractivity contribution in [3.05, 3.63) is 17.5 Å². The number of aliphatic hydroxyl groups is 1. The molecule has 3 fully saturated rings. The van der Waals surface area contributed by atoms with Crippen LogP contribution in [0.15, 0.2) is 6.20 Å². The van der Waals surface area contributed by atoms with Gasteiger partial charge >= 0.3 is 0 Å². The van der Waals surface area contributed by atoms with E-state index in [0.29, 0.717) is 31.4 Å². The Kier molecular flexibility index (Phi) is 4.82. The van der Waals surface area contributed by atoms with Crippen LogP contribution in [-0.4, -0.2) is 57.6 Å². The van der Waals surface area contributed by atoms with Crippen LogP contribution in [0.4, 0.5) is 0 Å². The van der Waals surface area contributed by atoms with Crippen molar-refractivity contribution in [2.45, 2.75) is 70.1 Å². The van der Waals surface area contributed by atoms with Gasteiger partial charge in [0.1, 0.15) is 0 Å². The van der Waals surface area contributed by atoms with Gasteiger partial charge < -0.3 is 14.7 Å². The molecule has 25 heavy (non-hydrogen) atoms. The first-order valence-electron chi connectivity index (χ1n) is 9.77. The number of carbonyl (C=O) groups is 1. The zero-order valence-corrected chi connectivity index (χ0v) is 15.1. The second-order valence-corrected chi connectivity index (χ2v) is 7.83. The van der Waals surface area contributed by atoms with E-state index in [0.717, 1.165) is 37.8 Å². The van der Waals surface area contributed by atoms with Crippen molar-refractivity contribution in [3.8, 4) is 0 Å². The van der Waals surface area contributed by atoms with Crippen molar-refractivity contribution in [1.82, 2.24) is 14.7 Å². The Labute approximate surface area is 149 Å². The zero-order valence-electron chi connectivity index (χ0n) is 15.1. The lowest BCUT2D eigenvalue weighted by Crippen LogP contribution is -2.53. The molecule has 0 spiro atoms. The number of morpholine rings is 1. The van der Waals surface area contributed by atoms with Crippen LogP contribution >= 0.6 is 0 Å². The molecule has 0 aromatic carbocycles. The van der Waals surface area contributed by atoms with E-state index in [9.17, 15) is 9.90 Å². The van der Waals surface area contributed by atoms with E-state index in [4.69, 9.17) is 4.74 Å². The summed E-state index contributed by atoms with van der Waals surface area (Å²) in [5.74, 6) is 0.184. The van der Waals surface area contributed by atoms with Gasteiger partial charge in [0.2, 0.25) is 0 Å². The average molecular weight is 347 g/mol. The van der Waals surface area contributed by atoms with Crippen molar-refractivity contribution in [3.63, 3.8) is 0 Å². The summed E-state index contributed by atoms with van der Waals surface area (Å²) in [6.45, 7) is 3.71. The molecular weight excluding hydrogens is 318 g/mol. The van der Waals surface area contributed by atoms with Gasteiger partial charge in [0, 0.05) is 18.2 Å². The van der Waals surface area contributed by atoms with E-state index in [1.165, 1.54) is 12.8 Å². The number of hydrogen-bond donors (Lipinski definition) is 1. The molecule has 6 heteroatoms. The quantitative estimate of drug-likeness (QED) is 0.911. The Bertz CT molecular complexity index is 623. The smallest absolute Gasteiger partial charge is 0.257 e. The summed E-state index contributed by atoms with van der Waals surface area (Å²) in [7, 11) is 0. The predicted octanol–water partition coefficient (Wildman–Crippen LogP) is 2.31. The standard InChI is InChI=1S/C19H29N3O3/c1-13-16(11-20-22(13)14-5-2-3-6-14)19(24)21-9-10-25-12-17(21)15-7-4-8-18(15)23/h11,14-15,17-18,23H,2-10,12H2,1H3/t15-,17-,18+/m1/s1. The highest BCUT2D eigenvalue weighted by Gasteiger charge is 2.40. The third-order valence-corrected chi connectivity index (χ3v) is 6.40. The minimum Gasteiger partial charge on any atom is -0.393 e. The molecule has 1 aromatic heterocycles. The van der Waals surface area contributed by atoms with Crippen LogP contribution in [0.5, 0.6) is 0 Å². The number of amides is 1. The van der Waals surface area contributed by atoms with E-state index in [1.54, 1.807) is 6.20 Å². The van der Waals surface area contributed by atoms with Gasteiger partial charge in [-0.05, 0) is 32.6 Å². The number of ether oxygens (including phenoxy) is 1. The van der Waals surface area contributed by atoms with Crippen molar-refractivity contribution >= 4 is 5.91 Å². The summed E-state index contributed by atoms with van der Waals surface area (Å²) in [5, 5.41) is 14.8. The maximum Gasteiger partial charge on any atom is 0.257 e. The van der Waals surface area contributed by atoms with Gasteiger partial charge in [0.05, 0.1) is 43.2 Å². The highest BCUT2D eigenvalue weighted by atomic mass is 16.5. The minimum absolute atomic E-state index is 0.0204. The Hall–Kier alpha value is -1.40. The molecule has 4 rings (SSSR count). The molecule has 3 aliphatic rings. The maximum absolute atomic E-state index is 13.3. The Morgan fingerprint density at radius 2 is 2.04 bits per heavy atom. The van der Waals surface area contributed by atoms with Gasteiger partial charge in [-0.25, -0.2) is 0 Å². The summed E-state index contributed by atoms with van der Waals surface area (Å²) in [4.78, 5) is 15.2. The fourth-order valence-electron chi connectivity index (χ4n) is 4.95. The fourth-order valence-corrected chi connectivity index (χ4v) is 4.95. The Morgan fingerprint density at radius 1 is 1.24 bits per heavy atom. The molecule has 1 saturated heterocycles. The molecule has 1 amide bonds. The van der Waals surface area contributed by atoms with E-state index in [-0.39, 0.29) is 24.0 Å². The topological polar surface area (TPSA) is 67.6 Å². The maximum atomic E-state index is 13.3. The summed E-state index contributed by atoms with van der Waals surface area (Å²) < 4.78 is 7.71. The van der Waals surface area contributed by atoms with Crippen LogP contribution in [0.25, 0.3) is 0 Å². The van der Waals surface area contributed by atoms with E-state index >= 15 is 0 Å². The molecule has 1 N–H and O–H groups in total. The number of nitrogens with zero attached hydrogens (tertiary/aromatic N) is 3. The van der Waals surface area contributed by atoms with E-state index in [2.05, 4.69) is 9.78 Å². The molecule has 1 aromatic rings. The SMILES string of the molecule is Cc1c(C(=O)N2CCOC[C@@H]2[C@H]2CCC[C@@H]2O)cnn1C1CCCC1. The van der Waals surface area contributed by atoms with Crippen LogP contribution in [-0.2, 0) is 4.74 Å². The first-order valence-corrected chi connectivity index (χ1v) is 9.77. The molecule has 0 bridgehead atoms. The number of aliphatic hydroxyl groups excluding tert-OH is 1. The third-order valence-electron chi connectivity index (χ3n) is 6.40. The van der Waals surface area contributed by atoms with Gasteiger partial charge in [-0.1, -0.05) is 19.3 Å². The molecule has 6 nitrogen and oxygen atoms in total. The van der Waals surface area contributed by atoms with Crippen LogP contribution in [0.2, 0.25) is 0 Å². The normalized spacial score (nSPS) is 31.0. The van der Waals surface area contributed by atoms with Gasteiger partial charge in [-0.2, -0.15) is 5.10 Å². The van der Waals surface area contributed by atoms with Gasteiger partial charge in [-0.15, -0.1) is 0 Å². The van der Waals surface area contributed by atoms with Crippen molar-refractivity contribution < 1.29 is 14.6 Å². The summed E-state index contributed by atoms with van der Waals surface area (Å²) >= 11 is 0. The lowest BCUT2D eigenvalue weighted by atomic mass is 9.93. The van der Waals surface area contributed by atoms with Gasteiger partial charge in [-0.3, -0.25) is 9.48 Å². The number of carbonyl (C=O) groups excluding carboxylic acids is 1. The van der Waals surface area contributed by atoms with Crippen LogP contribution < -0.4 is 0 Å². The monoisotopic (exact) mass is 347 g/mol. The first-order chi connectivity index (χ1) is 12.2. The Balaban J connectivity index is 1.56. The summed E-state index contributed by atoms with van der Waals surface area (Å²) in [6, 6.07) is 0.423. The first kappa shape index (κ1) is 17.0. The lowest BCUT2D eigenvalue weighted by Gasteiger charge is -2.40. The van der Waals surface area contributed by atoms with Gasteiger partial charge in [0.15, 0.2) is 0 Å². The molecule has 2 aliphatic carbocycles. The van der Waals surface area contributed by atoms with Crippen molar-refractivity contribution in [2.75, 3.05) is 19.8 Å². The fraction of sp³-hybridized carbons (Fsp3) is 0.789. The lowest BCUT2D eigenvalue weighted by molar-refractivity contribution is -0.0383. The molecule has 1 aliphatic heterocycles. The molecule has 0 radical (unpaired) electrons. The van der Waals surface area contributed by atoms with Crippen LogP contribution in [0, 0.1) is 12.8 Å².